The summed E-state index contributed by atoms with van der Waals surface area (Å²) >= 11 is 0. The van der Waals surface area contributed by atoms with E-state index in [4.69, 9.17) is 0 Å². The maximum atomic E-state index is 13.1. The van der Waals surface area contributed by atoms with Crippen LogP contribution in [0.1, 0.15) is 0 Å². The first kappa shape index (κ1) is 16.3. The Labute approximate surface area is 138 Å². The molecule has 1 saturated heterocycles. The summed E-state index contributed by atoms with van der Waals surface area (Å²) in [4.78, 5) is 24.4. The highest BCUT2D eigenvalue weighted by atomic mass is 19.1. The maximum absolute atomic E-state index is 13.1. The molecular weight excluding hydrogens is 316 g/mol. The number of piperazine rings is 1. The molecule has 6 nitrogen and oxygen atoms in total. The van der Waals surface area contributed by atoms with Gasteiger partial charge < -0.3 is 10.2 Å². The van der Waals surface area contributed by atoms with Gasteiger partial charge in [-0.05, 0) is 12.1 Å². The van der Waals surface area contributed by atoms with Gasteiger partial charge in [0.1, 0.15) is 17.5 Å². The number of carbonyl (C=O) groups excluding carboxylic acids is 1. The molecule has 1 fully saturated rings. The zero-order valence-electron chi connectivity index (χ0n) is 13.0. The molecule has 1 aromatic heterocycles. The molecule has 1 aliphatic rings. The van der Waals surface area contributed by atoms with Gasteiger partial charge in [-0.3, -0.25) is 14.7 Å². The van der Waals surface area contributed by atoms with Crippen LogP contribution in [-0.2, 0) is 4.79 Å². The van der Waals surface area contributed by atoms with Crippen LogP contribution in [0.5, 0.6) is 0 Å². The van der Waals surface area contributed by atoms with Crippen LogP contribution in [0, 0.1) is 11.6 Å². The molecule has 2 heterocycles. The molecule has 1 aliphatic heterocycles. The van der Waals surface area contributed by atoms with Gasteiger partial charge in [0.05, 0.1) is 12.7 Å². The van der Waals surface area contributed by atoms with Crippen LogP contribution in [0.25, 0.3) is 0 Å². The van der Waals surface area contributed by atoms with E-state index in [9.17, 15) is 13.6 Å². The van der Waals surface area contributed by atoms with Crippen molar-refractivity contribution in [2.24, 2.45) is 0 Å². The average Bonchev–Trinajstić information content (AvgIpc) is 2.55. The highest BCUT2D eigenvalue weighted by Crippen LogP contribution is 2.14. The molecule has 0 unspecified atom stereocenters. The fourth-order valence-electron chi connectivity index (χ4n) is 2.62. The van der Waals surface area contributed by atoms with Crippen molar-refractivity contribution in [3.63, 3.8) is 0 Å². The number of benzene rings is 1. The van der Waals surface area contributed by atoms with Gasteiger partial charge >= 0.3 is 0 Å². The number of hydrogen-bond donors (Lipinski definition) is 1. The van der Waals surface area contributed by atoms with Crippen LogP contribution in [-0.4, -0.2) is 53.5 Å². The molecule has 0 bridgehead atoms. The molecule has 1 N–H and O–H groups in total. The Bertz CT molecular complexity index is 685. The van der Waals surface area contributed by atoms with Gasteiger partial charge in [-0.1, -0.05) is 0 Å². The summed E-state index contributed by atoms with van der Waals surface area (Å²) < 4.78 is 26.2. The number of rotatable bonds is 4. The summed E-state index contributed by atoms with van der Waals surface area (Å²) in [7, 11) is 0. The number of nitrogens with zero attached hydrogens (tertiary/aromatic N) is 4. The van der Waals surface area contributed by atoms with Gasteiger partial charge in [0.2, 0.25) is 5.91 Å². The minimum absolute atomic E-state index is 0.121. The quantitative estimate of drug-likeness (QED) is 0.919. The summed E-state index contributed by atoms with van der Waals surface area (Å²) in [5.41, 5.74) is 0.121. The van der Waals surface area contributed by atoms with E-state index in [2.05, 4.69) is 20.2 Å². The van der Waals surface area contributed by atoms with E-state index in [1.165, 1.54) is 0 Å². The second-order valence-corrected chi connectivity index (χ2v) is 5.53. The predicted molar refractivity (Wildman–Crippen MR) is 85.7 cm³/mol. The molecule has 3 rings (SSSR count). The fraction of sp³-hybridized carbons (Fsp3) is 0.312. The molecule has 0 spiro atoms. The summed E-state index contributed by atoms with van der Waals surface area (Å²) in [6.45, 7) is 3.04. The van der Waals surface area contributed by atoms with Crippen LogP contribution in [0.4, 0.5) is 20.3 Å². The topological polar surface area (TPSA) is 61.4 Å². The largest absolute Gasteiger partial charge is 0.353 e. The van der Waals surface area contributed by atoms with E-state index >= 15 is 0 Å². The average molecular weight is 333 g/mol. The molecule has 0 radical (unpaired) electrons. The molecule has 8 heteroatoms. The molecular formula is C16H17F2N5O. The van der Waals surface area contributed by atoms with E-state index in [0.29, 0.717) is 13.1 Å². The van der Waals surface area contributed by atoms with Crippen molar-refractivity contribution < 1.29 is 13.6 Å². The third-order valence-corrected chi connectivity index (χ3v) is 3.76. The Morgan fingerprint density at radius 2 is 1.79 bits per heavy atom. The lowest BCUT2D eigenvalue weighted by Crippen LogP contribution is -2.49. The van der Waals surface area contributed by atoms with Crippen molar-refractivity contribution in [1.29, 1.82) is 0 Å². The normalized spacial score (nSPS) is 15.3. The van der Waals surface area contributed by atoms with E-state index in [1.54, 1.807) is 18.6 Å². The molecule has 24 heavy (non-hydrogen) atoms. The Hall–Kier alpha value is -2.61. The summed E-state index contributed by atoms with van der Waals surface area (Å²) in [5, 5.41) is 2.52. The first-order valence-corrected chi connectivity index (χ1v) is 7.59. The van der Waals surface area contributed by atoms with Crippen molar-refractivity contribution >= 4 is 17.4 Å². The molecule has 1 amide bonds. The monoisotopic (exact) mass is 333 g/mol. The maximum Gasteiger partial charge on any atom is 0.238 e. The Morgan fingerprint density at radius 1 is 1.08 bits per heavy atom. The number of carbonyl (C=O) groups is 1. The minimum Gasteiger partial charge on any atom is -0.353 e. The van der Waals surface area contributed by atoms with E-state index in [0.717, 1.165) is 37.1 Å². The van der Waals surface area contributed by atoms with E-state index < -0.39 is 11.6 Å². The number of aromatic nitrogens is 2. The molecule has 126 valence electrons. The number of halogens is 2. The highest BCUT2D eigenvalue weighted by Gasteiger charge is 2.20. The molecule has 1 aromatic carbocycles. The van der Waals surface area contributed by atoms with Gasteiger partial charge in [0.15, 0.2) is 0 Å². The van der Waals surface area contributed by atoms with Crippen LogP contribution in [0.15, 0.2) is 36.8 Å². The van der Waals surface area contributed by atoms with Gasteiger partial charge in [0, 0.05) is 50.3 Å². The third-order valence-electron chi connectivity index (χ3n) is 3.76. The Morgan fingerprint density at radius 3 is 2.42 bits per heavy atom. The Kier molecular flexibility index (Phi) is 4.95. The lowest BCUT2D eigenvalue weighted by atomic mass is 10.3. The second kappa shape index (κ2) is 7.31. The van der Waals surface area contributed by atoms with Crippen LogP contribution in [0.3, 0.4) is 0 Å². The van der Waals surface area contributed by atoms with Gasteiger partial charge in [-0.15, -0.1) is 0 Å². The summed E-state index contributed by atoms with van der Waals surface area (Å²) in [6.07, 6.45) is 4.98. The highest BCUT2D eigenvalue weighted by molar-refractivity contribution is 5.92. The number of nitrogens with one attached hydrogen (secondary N) is 1. The zero-order valence-corrected chi connectivity index (χ0v) is 13.0. The molecule has 2 aromatic rings. The number of amides is 1. The van der Waals surface area contributed by atoms with Crippen molar-refractivity contribution in [2.75, 3.05) is 42.9 Å². The summed E-state index contributed by atoms with van der Waals surface area (Å²) in [5.74, 6) is -0.921. The smallest absolute Gasteiger partial charge is 0.238 e. The second-order valence-electron chi connectivity index (χ2n) is 5.53. The zero-order chi connectivity index (χ0) is 16.9. The standard InChI is InChI=1S/C16H17F2N5O/c17-12-7-13(18)9-14(8-12)21-16(24)11-22-3-5-23(6-4-22)15-10-19-1-2-20-15/h1-2,7-10H,3-6,11H2,(H,21,24). The Balaban J connectivity index is 1.50. The van der Waals surface area contributed by atoms with Crippen molar-refractivity contribution in [1.82, 2.24) is 14.9 Å². The van der Waals surface area contributed by atoms with Crippen molar-refractivity contribution in [3.05, 3.63) is 48.4 Å². The predicted octanol–water partition coefficient (Wildman–Crippen LogP) is 1.52. The van der Waals surface area contributed by atoms with Crippen LogP contribution >= 0.6 is 0 Å². The van der Waals surface area contributed by atoms with Gasteiger partial charge in [-0.2, -0.15) is 0 Å². The van der Waals surface area contributed by atoms with E-state index in [-0.39, 0.29) is 18.1 Å². The minimum atomic E-state index is -0.720. The summed E-state index contributed by atoms with van der Waals surface area (Å²) in [6, 6.07) is 2.95. The lowest BCUT2D eigenvalue weighted by molar-refractivity contribution is -0.117. The fourth-order valence-corrected chi connectivity index (χ4v) is 2.62. The van der Waals surface area contributed by atoms with Crippen molar-refractivity contribution in [3.8, 4) is 0 Å². The number of anilines is 2. The van der Waals surface area contributed by atoms with Crippen molar-refractivity contribution in [2.45, 2.75) is 0 Å². The third kappa shape index (κ3) is 4.23. The lowest BCUT2D eigenvalue weighted by Gasteiger charge is -2.34. The first-order valence-electron chi connectivity index (χ1n) is 7.59. The first-order chi connectivity index (χ1) is 11.6. The number of hydrogen-bond acceptors (Lipinski definition) is 5. The van der Waals surface area contributed by atoms with Crippen LogP contribution < -0.4 is 10.2 Å². The SMILES string of the molecule is O=C(CN1CCN(c2cnccn2)CC1)Nc1cc(F)cc(F)c1. The van der Waals surface area contributed by atoms with E-state index in [1.807, 2.05) is 4.90 Å². The van der Waals surface area contributed by atoms with Crippen LogP contribution in [0.2, 0.25) is 0 Å². The van der Waals surface area contributed by atoms with Gasteiger partial charge in [0.25, 0.3) is 0 Å². The molecule has 0 aliphatic carbocycles. The molecule has 0 atom stereocenters. The molecule has 0 saturated carbocycles. The van der Waals surface area contributed by atoms with Gasteiger partial charge in [-0.25, -0.2) is 13.8 Å².